The molecule has 1 aromatic carbocycles. The quantitative estimate of drug-likeness (QED) is 0.357. The van der Waals surface area contributed by atoms with Gasteiger partial charge in [0.1, 0.15) is 0 Å². The Morgan fingerprint density at radius 2 is 1.48 bits per heavy atom. The average Bonchev–Trinajstić information content (AvgIpc) is 2.87. The minimum absolute atomic E-state index is 0. The molecular weight excluding hydrogens is 343 g/mol. The van der Waals surface area contributed by atoms with Gasteiger partial charge < -0.3 is 4.57 Å². The molecule has 3 rings (SSSR count). The summed E-state index contributed by atoms with van der Waals surface area (Å²) in [5.74, 6) is 0. The summed E-state index contributed by atoms with van der Waals surface area (Å²) in [4.78, 5) is 7.97. The third-order valence-electron chi connectivity index (χ3n) is 2.15. The van der Waals surface area contributed by atoms with Crippen LogP contribution in [-0.4, -0.2) is 14.5 Å². The van der Waals surface area contributed by atoms with Gasteiger partial charge in [0.15, 0.2) is 0 Å². The number of nitrogens with zero attached hydrogens (tertiary/aromatic N) is 3. The fourth-order valence-electron chi connectivity index (χ4n) is 1.34. The first kappa shape index (κ1) is 18.9. The molecule has 0 radical (unpaired) electrons. The van der Waals surface area contributed by atoms with E-state index in [9.17, 15) is 25.2 Å². The summed E-state index contributed by atoms with van der Waals surface area (Å²) in [7, 11) is -8.72. The third-order valence-corrected chi connectivity index (χ3v) is 2.15. The molecule has 23 heavy (non-hydrogen) atoms. The molecule has 0 atom stereocenters. The van der Waals surface area contributed by atoms with Crippen molar-refractivity contribution < 1.29 is 26.6 Å². The van der Waals surface area contributed by atoms with Gasteiger partial charge in [-0.2, -0.15) is 0 Å². The van der Waals surface area contributed by atoms with Crippen molar-refractivity contribution in [3.8, 4) is 0 Å². The van der Waals surface area contributed by atoms with Crippen molar-refractivity contribution in [3.05, 3.63) is 61.3 Å². The van der Waals surface area contributed by atoms with Gasteiger partial charge in [0, 0.05) is 31.0 Å². The van der Waals surface area contributed by atoms with Gasteiger partial charge in [-0.3, -0.25) is 4.98 Å². The van der Waals surface area contributed by atoms with E-state index < -0.39 is 7.81 Å². The van der Waals surface area contributed by atoms with E-state index in [1.165, 1.54) is 5.39 Å². The van der Waals surface area contributed by atoms with Crippen LogP contribution in [0.1, 0.15) is 1.43 Å². The molecule has 2 heterocycles. The zero-order valence-corrected chi connectivity index (χ0v) is 12.7. The van der Waals surface area contributed by atoms with Crippen molar-refractivity contribution in [1.29, 1.82) is 0 Å². The first-order valence-corrected chi connectivity index (χ1v) is 8.12. The Bertz CT molecular complexity index is 670. The molecule has 3 nitrogen and oxygen atoms in total. The minimum Gasteiger partial charge on any atom is -0.256 e. The number of para-hydroxylation sites is 1. The Morgan fingerprint density at radius 3 is 1.91 bits per heavy atom. The van der Waals surface area contributed by atoms with Gasteiger partial charge in [0.05, 0.1) is 11.8 Å². The van der Waals surface area contributed by atoms with Crippen molar-refractivity contribution in [2.24, 2.45) is 7.05 Å². The molecule has 0 aliphatic rings. The van der Waals surface area contributed by atoms with Crippen molar-refractivity contribution in [2.45, 2.75) is 0 Å². The molecule has 0 unspecified atom stereocenters. The summed E-state index contributed by atoms with van der Waals surface area (Å²) in [6.45, 7) is 0. The van der Waals surface area contributed by atoms with E-state index in [1.807, 2.05) is 48.3 Å². The molecule has 0 spiro atoms. The molecule has 0 aliphatic carbocycles. The topological polar surface area (TPSA) is 30.7 Å². The molecule has 0 amide bonds. The van der Waals surface area contributed by atoms with Crippen LogP contribution in [0.3, 0.4) is 0 Å². The van der Waals surface area contributed by atoms with Gasteiger partial charge in [-0.15, -0.1) is 0 Å². The van der Waals surface area contributed by atoms with Crippen LogP contribution in [0.4, 0.5) is 25.2 Å². The van der Waals surface area contributed by atoms with Gasteiger partial charge in [0.2, 0.25) is 0 Å². The number of aryl methyl sites for hydroxylation is 1. The molecule has 2 aromatic heterocycles. The second kappa shape index (κ2) is 6.16. The normalized spacial score (nSPS) is 13.7. The first-order valence-electron chi connectivity index (χ1n) is 6.09. The van der Waals surface area contributed by atoms with Crippen molar-refractivity contribution in [2.75, 3.05) is 0 Å². The van der Waals surface area contributed by atoms with Crippen molar-refractivity contribution >= 4 is 18.7 Å². The maximum atomic E-state index is 9.87. The van der Waals surface area contributed by atoms with E-state index in [-0.39, 0.29) is 1.43 Å². The Balaban J connectivity index is 0.000000339. The number of rotatable bonds is 0. The molecule has 0 saturated heterocycles. The summed E-state index contributed by atoms with van der Waals surface area (Å²) in [5, 5.41) is 1.20. The van der Waals surface area contributed by atoms with Gasteiger partial charge >= 0.3 is 34.4 Å². The predicted octanol–water partition coefficient (Wildman–Crippen LogP) is 6.15. The molecule has 128 valence electrons. The Morgan fingerprint density at radius 1 is 0.913 bits per heavy atom. The van der Waals surface area contributed by atoms with Gasteiger partial charge in [0.25, 0.3) is 0 Å². The van der Waals surface area contributed by atoms with Crippen LogP contribution >= 0.6 is 7.81 Å². The maximum Gasteiger partial charge on any atom is 1.00 e. The second-order valence-electron chi connectivity index (χ2n) is 4.38. The summed E-state index contributed by atoms with van der Waals surface area (Å²) in [6, 6.07) is 12.1. The van der Waals surface area contributed by atoms with Crippen LogP contribution in [0, 0.1) is 0 Å². The Labute approximate surface area is 129 Å². The molecule has 10 heteroatoms. The van der Waals surface area contributed by atoms with Gasteiger partial charge in [-0.05, 0) is 12.1 Å². The van der Waals surface area contributed by atoms with Crippen molar-refractivity contribution in [1.82, 2.24) is 14.5 Å². The zero-order chi connectivity index (χ0) is 17.6. The standard InChI is InChI=1S/C9H7N.C4H6N2.F6P/c1-2-6-9-8(4-1)5-3-7-10-9;1-6-3-2-5-4-6;1-7(2,3,4,5)6/h1-7H;2-4H,1H3;/q;;-1/p+1. The Kier molecular flexibility index (Phi) is 5.06. The van der Waals surface area contributed by atoms with Crippen LogP contribution in [0.15, 0.2) is 61.3 Å². The zero-order valence-electron chi connectivity index (χ0n) is 12.8. The second-order valence-corrected chi connectivity index (χ2v) is 6.30. The number of imidazole rings is 1. The molecule has 0 aliphatic heterocycles. The largest absolute Gasteiger partial charge is 1.00 e. The molecule has 0 N–H and O–H groups in total. The fraction of sp³-hybridized carbons (Fsp3) is 0.0769. The molecule has 0 bridgehead atoms. The maximum absolute atomic E-state index is 10.7. The number of pyridine rings is 1. The van der Waals surface area contributed by atoms with E-state index in [0.717, 1.165) is 5.52 Å². The molecule has 0 fully saturated rings. The van der Waals surface area contributed by atoms with Crippen molar-refractivity contribution in [3.63, 3.8) is 0 Å². The Hall–Kier alpha value is -2.15. The first-order chi connectivity index (χ1) is 10.3. The summed E-state index contributed by atoms with van der Waals surface area (Å²) in [6.07, 6.45) is 7.20. The van der Waals surface area contributed by atoms with Crippen LogP contribution in [0.2, 0.25) is 0 Å². The van der Waals surface area contributed by atoms with E-state index in [0.29, 0.717) is 0 Å². The number of fused-ring (bicyclic) bond motifs is 1. The fourth-order valence-corrected chi connectivity index (χ4v) is 1.34. The smallest absolute Gasteiger partial charge is 0.256 e. The summed E-state index contributed by atoms with van der Waals surface area (Å²) >= 11 is 0. The number of halogens is 6. The molecule has 0 saturated carbocycles. The SMILES string of the molecule is Cn1ccnc1.F[P-](F)(F)(F)(F)F.[H+].c1ccc2ncccc2c1. The predicted molar refractivity (Wildman–Crippen MR) is 79.6 cm³/mol. The summed E-state index contributed by atoms with van der Waals surface area (Å²) < 4.78 is 61.1. The number of benzene rings is 1. The minimum atomic E-state index is -10.7. The van der Waals surface area contributed by atoms with E-state index >= 15 is 0 Å². The van der Waals surface area contributed by atoms with E-state index in [4.69, 9.17) is 0 Å². The monoisotopic (exact) mass is 357 g/mol. The van der Waals surface area contributed by atoms with Gasteiger partial charge in [-0.25, -0.2) is 4.98 Å². The summed E-state index contributed by atoms with van der Waals surface area (Å²) in [5.41, 5.74) is 1.06. The van der Waals surface area contributed by atoms with E-state index in [1.54, 1.807) is 12.5 Å². The molecular formula is C13H14F6N3P. The number of hydrogen-bond acceptors (Lipinski definition) is 2. The molecule has 3 aromatic rings. The van der Waals surface area contributed by atoms with Crippen LogP contribution < -0.4 is 0 Å². The van der Waals surface area contributed by atoms with Crippen LogP contribution in [0.5, 0.6) is 0 Å². The average molecular weight is 357 g/mol. The van der Waals surface area contributed by atoms with Gasteiger partial charge in [-0.1, -0.05) is 24.3 Å². The number of aromatic nitrogens is 3. The third kappa shape index (κ3) is 12.1. The van der Waals surface area contributed by atoms with Crippen LogP contribution in [-0.2, 0) is 7.05 Å². The number of hydrogen-bond donors (Lipinski definition) is 0. The van der Waals surface area contributed by atoms with Crippen LogP contribution in [0.25, 0.3) is 10.9 Å². The van der Waals surface area contributed by atoms with E-state index in [2.05, 4.69) is 22.1 Å².